The molecule has 4 nitrogen and oxygen atoms in total. The third-order valence-electron chi connectivity index (χ3n) is 3.06. The first-order valence-corrected chi connectivity index (χ1v) is 5.26. The molecule has 2 rings (SSSR count). The third-order valence-corrected chi connectivity index (χ3v) is 3.06. The highest BCUT2D eigenvalue weighted by Crippen LogP contribution is 2.32. The van der Waals surface area contributed by atoms with E-state index in [1.165, 1.54) is 0 Å². The Kier molecular flexibility index (Phi) is 2.44. The molecule has 2 fully saturated rings. The quantitative estimate of drug-likeness (QED) is 0.681. The van der Waals surface area contributed by atoms with Gasteiger partial charge in [0.05, 0.1) is 5.92 Å². The van der Waals surface area contributed by atoms with E-state index in [4.69, 9.17) is 5.73 Å². The predicted molar refractivity (Wildman–Crippen MR) is 51.2 cm³/mol. The molecule has 1 saturated carbocycles. The standard InChI is InChI=1S/C10H16N2O2/c11-9(13)8-2-1-5-12(6-8)10(14)7-3-4-7/h7-8H,1-6H2,(H2,11,13). The molecule has 1 saturated heterocycles. The molecule has 1 atom stereocenters. The van der Waals surface area contributed by atoms with Gasteiger partial charge < -0.3 is 10.6 Å². The predicted octanol–water partition coefficient (Wildman–Crippen LogP) is 0.120. The molecule has 1 aliphatic carbocycles. The highest BCUT2D eigenvalue weighted by atomic mass is 16.2. The number of piperidine rings is 1. The fourth-order valence-corrected chi connectivity index (χ4v) is 2.00. The summed E-state index contributed by atoms with van der Waals surface area (Å²) in [6.07, 6.45) is 3.79. The summed E-state index contributed by atoms with van der Waals surface area (Å²) in [4.78, 5) is 24.5. The van der Waals surface area contributed by atoms with Gasteiger partial charge in [-0.1, -0.05) is 0 Å². The summed E-state index contributed by atoms with van der Waals surface area (Å²) in [6.45, 7) is 1.35. The van der Waals surface area contributed by atoms with E-state index < -0.39 is 0 Å². The molecular formula is C10H16N2O2. The smallest absolute Gasteiger partial charge is 0.225 e. The van der Waals surface area contributed by atoms with Gasteiger partial charge in [-0.2, -0.15) is 0 Å². The van der Waals surface area contributed by atoms with Gasteiger partial charge in [0.15, 0.2) is 0 Å². The zero-order chi connectivity index (χ0) is 10.1. The number of amides is 2. The number of nitrogens with zero attached hydrogens (tertiary/aromatic N) is 1. The Labute approximate surface area is 83.4 Å². The average Bonchev–Trinajstić information content (AvgIpc) is 3.00. The molecular weight excluding hydrogens is 180 g/mol. The highest BCUT2D eigenvalue weighted by molar-refractivity contribution is 5.83. The topological polar surface area (TPSA) is 63.4 Å². The molecule has 2 aliphatic rings. The third kappa shape index (κ3) is 1.89. The normalized spacial score (nSPS) is 27.4. The Hall–Kier alpha value is -1.06. The molecule has 1 aliphatic heterocycles. The molecule has 0 radical (unpaired) electrons. The van der Waals surface area contributed by atoms with Gasteiger partial charge in [0.25, 0.3) is 0 Å². The number of hydrogen-bond acceptors (Lipinski definition) is 2. The Morgan fingerprint density at radius 2 is 1.86 bits per heavy atom. The molecule has 0 aromatic rings. The van der Waals surface area contributed by atoms with Crippen molar-refractivity contribution < 1.29 is 9.59 Å². The minimum atomic E-state index is -0.265. The van der Waals surface area contributed by atoms with Gasteiger partial charge in [0.2, 0.25) is 11.8 Å². The largest absolute Gasteiger partial charge is 0.369 e. The van der Waals surface area contributed by atoms with Crippen molar-refractivity contribution in [3.8, 4) is 0 Å². The van der Waals surface area contributed by atoms with Crippen LogP contribution in [0.3, 0.4) is 0 Å². The van der Waals surface area contributed by atoms with Gasteiger partial charge in [-0.3, -0.25) is 9.59 Å². The van der Waals surface area contributed by atoms with Crippen LogP contribution in [0.2, 0.25) is 0 Å². The van der Waals surface area contributed by atoms with Crippen LogP contribution in [0.5, 0.6) is 0 Å². The van der Waals surface area contributed by atoms with Crippen molar-refractivity contribution in [1.82, 2.24) is 4.90 Å². The number of carbonyl (C=O) groups excluding carboxylic acids is 2. The molecule has 2 amide bonds. The van der Waals surface area contributed by atoms with Gasteiger partial charge in [-0.25, -0.2) is 0 Å². The molecule has 0 aromatic heterocycles. The van der Waals surface area contributed by atoms with E-state index in [0.29, 0.717) is 6.54 Å². The Bertz CT molecular complexity index is 261. The maximum atomic E-state index is 11.7. The van der Waals surface area contributed by atoms with Crippen LogP contribution >= 0.6 is 0 Å². The lowest BCUT2D eigenvalue weighted by Gasteiger charge is -2.31. The van der Waals surface area contributed by atoms with Crippen LogP contribution in [0.4, 0.5) is 0 Å². The second kappa shape index (κ2) is 3.59. The second-order valence-electron chi connectivity index (χ2n) is 4.30. The number of primary amides is 1. The van der Waals surface area contributed by atoms with E-state index in [2.05, 4.69) is 0 Å². The van der Waals surface area contributed by atoms with E-state index in [-0.39, 0.29) is 23.7 Å². The van der Waals surface area contributed by atoms with Crippen LogP contribution in [0.25, 0.3) is 0 Å². The summed E-state index contributed by atoms with van der Waals surface area (Å²) in [5.41, 5.74) is 5.24. The summed E-state index contributed by atoms with van der Waals surface area (Å²) in [7, 11) is 0. The van der Waals surface area contributed by atoms with E-state index in [1.54, 1.807) is 0 Å². The van der Waals surface area contributed by atoms with Crippen LogP contribution in [-0.4, -0.2) is 29.8 Å². The minimum absolute atomic E-state index is 0.119. The summed E-state index contributed by atoms with van der Waals surface area (Å²) in [5.74, 6) is 0.0994. The summed E-state index contributed by atoms with van der Waals surface area (Å²) in [5, 5.41) is 0. The molecule has 0 spiro atoms. The van der Waals surface area contributed by atoms with Crippen LogP contribution in [-0.2, 0) is 9.59 Å². The van der Waals surface area contributed by atoms with E-state index in [9.17, 15) is 9.59 Å². The molecule has 2 N–H and O–H groups in total. The first-order valence-electron chi connectivity index (χ1n) is 5.26. The molecule has 0 aromatic carbocycles. The second-order valence-corrected chi connectivity index (χ2v) is 4.30. The van der Waals surface area contributed by atoms with Crippen molar-refractivity contribution in [2.24, 2.45) is 17.6 Å². The van der Waals surface area contributed by atoms with Crippen molar-refractivity contribution in [1.29, 1.82) is 0 Å². The number of nitrogens with two attached hydrogens (primary N) is 1. The molecule has 4 heteroatoms. The van der Waals surface area contributed by atoms with Crippen molar-refractivity contribution in [3.05, 3.63) is 0 Å². The van der Waals surface area contributed by atoms with Gasteiger partial charge in [0.1, 0.15) is 0 Å². The molecule has 1 heterocycles. The Balaban J connectivity index is 1.92. The van der Waals surface area contributed by atoms with E-state index in [0.717, 1.165) is 32.2 Å². The van der Waals surface area contributed by atoms with Gasteiger partial charge in [0, 0.05) is 19.0 Å². The lowest BCUT2D eigenvalue weighted by atomic mass is 9.97. The number of hydrogen-bond donors (Lipinski definition) is 1. The average molecular weight is 196 g/mol. The lowest BCUT2D eigenvalue weighted by molar-refractivity contribution is -0.136. The molecule has 14 heavy (non-hydrogen) atoms. The van der Waals surface area contributed by atoms with E-state index in [1.807, 2.05) is 4.90 Å². The van der Waals surface area contributed by atoms with Gasteiger partial charge in [-0.05, 0) is 25.7 Å². The molecule has 1 unspecified atom stereocenters. The number of rotatable bonds is 2. The van der Waals surface area contributed by atoms with Crippen LogP contribution in [0, 0.1) is 11.8 Å². The fraction of sp³-hybridized carbons (Fsp3) is 0.800. The van der Waals surface area contributed by atoms with Crippen molar-refractivity contribution >= 4 is 11.8 Å². The zero-order valence-electron chi connectivity index (χ0n) is 8.24. The maximum absolute atomic E-state index is 11.7. The fourth-order valence-electron chi connectivity index (χ4n) is 2.00. The molecule has 78 valence electrons. The molecule has 0 bridgehead atoms. The van der Waals surface area contributed by atoms with Crippen molar-refractivity contribution in [3.63, 3.8) is 0 Å². The summed E-state index contributed by atoms with van der Waals surface area (Å²) < 4.78 is 0. The summed E-state index contributed by atoms with van der Waals surface area (Å²) >= 11 is 0. The van der Waals surface area contributed by atoms with Crippen molar-refractivity contribution in [2.45, 2.75) is 25.7 Å². The maximum Gasteiger partial charge on any atom is 0.225 e. The number of likely N-dealkylation sites (tertiary alicyclic amines) is 1. The Morgan fingerprint density at radius 3 is 2.43 bits per heavy atom. The first kappa shape index (κ1) is 9.49. The first-order chi connectivity index (χ1) is 6.68. The highest BCUT2D eigenvalue weighted by Gasteiger charge is 2.36. The zero-order valence-corrected chi connectivity index (χ0v) is 8.24. The van der Waals surface area contributed by atoms with Gasteiger partial charge in [-0.15, -0.1) is 0 Å². The van der Waals surface area contributed by atoms with Gasteiger partial charge >= 0.3 is 0 Å². The van der Waals surface area contributed by atoms with Crippen molar-refractivity contribution in [2.75, 3.05) is 13.1 Å². The number of carbonyl (C=O) groups is 2. The lowest BCUT2D eigenvalue weighted by Crippen LogP contribution is -2.44. The minimum Gasteiger partial charge on any atom is -0.369 e. The SMILES string of the molecule is NC(=O)C1CCCN(C(=O)C2CC2)C1. The Morgan fingerprint density at radius 1 is 1.14 bits per heavy atom. The van der Waals surface area contributed by atoms with Crippen LogP contribution < -0.4 is 5.73 Å². The van der Waals surface area contributed by atoms with Crippen LogP contribution in [0.15, 0.2) is 0 Å². The van der Waals surface area contributed by atoms with E-state index >= 15 is 0 Å². The monoisotopic (exact) mass is 196 g/mol. The summed E-state index contributed by atoms with van der Waals surface area (Å²) in [6, 6.07) is 0. The van der Waals surface area contributed by atoms with Crippen LogP contribution in [0.1, 0.15) is 25.7 Å².